The van der Waals surface area contributed by atoms with Crippen LogP contribution >= 0.6 is 0 Å². The Morgan fingerprint density at radius 3 is 2.36 bits per heavy atom. The average Bonchev–Trinajstić information content (AvgIpc) is 2.52. The lowest BCUT2D eigenvalue weighted by atomic mass is 10.0. The van der Waals surface area contributed by atoms with Gasteiger partial charge < -0.3 is 0 Å². The molecular weight excluding hydrogens is 279 g/mol. The summed E-state index contributed by atoms with van der Waals surface area (Å²) in [5.74, 6) is -0.708. The number of rotatable bonds is 5. The summed E-state index contributed by atoms with van der Waals surface area (Å²) < 4.78 is 13.6. The quantitative estimate of drug-likeness (QED) is 0.657. The summed E-state index contributed by atoms with van der Waals surface area (Å²) in [5.41, 5.74) is 4.17. The zero-order valence-electron chi connectivity index (χ0n) is 12.7. The Kier molecular flexibility index (Phi) is 5.42. The monoisotopic (exact) mass is 298 g/mol. The van der Waals surface area contributed by atoms with Crippen molar-refractivity contribution in [3.05, 3.63) is 71.5 Å². The van der Waals surface area contributed by atoms with Gasteiger partial charge in [0.2, 0.25) is 0 Å². The van der Waals surface area contributed by atoms with E-state index in [4.69, 9.17) is 0 Å². The summed E-state index contributed by atoms with van der Waals surface area (Å²) in [6.07, 6.45) is 0.724. The van der Waals surface area contributed by atoms with Gasteiger partial charge >= 0.3 is 0 Å². The van der Waals surface area contributed by atoms with Gasteiger partial charge in [-0.1, -0.05) is 56.3 Å². The van der Waals surface area contributed by atoms with Crippen LogP contribution in [0.3, 0.4) is 0 Å². The zero-order valence-corrected chi connectivity index (χ0v) is 12.7. The van der Waals surface area contributed by atoms with Gasteiger partial charge in [0.15, 0.2) is 0 Å². The lowest BCUT2D eigenvalue weighted by Crippen LogP contribution is -2.21. The Bertz CT molecular complexity index is 666. The predicted molar refractivity (Wildman–Crippen MR) is 86.3 cm³/mol. The van der Waals surface area contributed by atoms with E-state index in [1.165, 1.54) is 12.1 Å². The van der Waals surface area contributed by atoms with E-state index in [1.807, 2.05) is 30.3 Å². The summed E-state index contributed by atoms with van der Waals surface area (Å²) in [5, 5.41) is 4.20. The van der Waals surface area contributed by atoms with Gasteiger partial charge in [0.05, 0.1) is 11.3 Å². The van der Waals surface area contributed by atoms with Crippen LogP contribution in [0.2, 0.25) is 0 Å². The smallest absolute Gasteiger partial charge is 0.267 e. The van der Waals surface area contributed by atoms with Crippen LogP contribution in [0, 0.1) is 11.7 Å². The number of carbonyl (C=O) groups excluding carboxylic acids is 1. The SMILES string of the molecule is CC(C)CC(=NNC(=O)c1ccccc1F)c1ccccc1. The Morgan fingerprint density at radius 2 is 1.73 bits per heavy atom. The van der Waals surface area contributed by atoms with Crippen LogP contribution in [-0.4, -0.2) is 11.6 Å². The molecule has 4 heteroatoms. The number of benzene rings is 2. The second-order valence-corrected chi connectivity index (χ2v) is 5.44. The van der Waals surface area contributed by atoms with Crippen molar-refractivity contribution in [1.29, 1.82) is 0 Å². The highest BCUT2D eigenvalue weighted by molar-refractivity contribution is 6.02. The standard InChI is InChI=1S/C18H19FN2O/c1-13(2)12-17(14-8-4-3-5-9-14)20-21-18(22)15-10-6-7-11-16(15)19/h3-11,13H,12H2,1-2H3,(H,21,22). The molecule has 0 saturated carbocycles. The van der Waals surface area contributed by atoms with E-state index in [0.717, 1.165) is 17.7 Å². The molecule has 2 aromatic rings. The Hall–Kier alpha value is -2.49. The molecule has 0 aliphatic heterocycles. The van der Waals surface area contributed by atoms with Crippen molar-refractivity contribution in [2.75, 3.05) is 0 Å². The van der Waals surface area contributed by atoms with E-state index >= 15 is 0 Å². The van der Waals surface area contributed by atoms with Crippen LogP contribution in [0.5, 0.6) is 0 Å². The third kappa shape index (κ3) is 4.25. The molecule has 0 aromatic heterocycles. The minimum atomic E-state index is -0.555. The summed E-state index contributed by atoms with van der Waals surface area (Å²) in [4.78, 5) is 12.0. The number of nitrogens with one attached hydrogen (secondary N) is 1. The zero-order chi connectivity index (χ0) is 15.9. The number of hydrogen-bond acceptors (Lipinski definition) is 2. The number of hydrazone groups is 1. The molecule has 0 spiro atoms. The first kappa shape index (κ1) is 15.9. The molecule has 0 aliphatic rings. The van der Waals surface area contributed by atoms with Crippen molar-refractivity contribution < 1.29 is 9.18 Å². The van der Waals surface area contributed by atoms with Crippen molar-refractivity contribution in [3.63, 3.8) is 0 Å². The second kappa shape index (κ2) is 7.50. The van der Waals surface area contributed by atoms with Gasteiger partial charge in [0, 0.05) is 0 Å². The molecule has 1 N–H and O–H groups in total. The van der Waals surface area contributed by atoms with Crippen LogP contribution in [0.1, 0.15) is 36.2 Å². The molecule has 0 bridgehead atoms. The van der Waals surface area contributed by atoms with E-state index in [1.54, 1.807) is 12.1 Å². The number of nitrogens with zero attached hydrogens (tertiary/aromatic N) is 1. The topological polar surface area (TPSA) is 41.5 Å². The highest BCUT2D eigenvalue weighted by atomic mass is 19.1. The Balaban J connectivity index is 2.20. The third-order valence-corrected chi connectivity index (χ3v) is 3.12. The van der Waals surface area contributed by atoms with Crippen molar-refractivity contribution >= 4 is 11.6 Å². The number of hydrogen-bond donors (Lipinski definition) is 1. The first-order valence-corrected chi connectivity index (χ1v) is 7.24. The van der Waals surface area contributed by atoms with Gasteiger partial charge in [0.1, 0.15) is 5.82 Å². The van der Waals surface area contributed by atoms with Crippen LogP contribution in [0.4, 0.5) is 4.39 Å². The van der Waals surface area contributed by atoms with Gasteiger partial charge in [0.25, 0.3) is 5.91 Å². The van der Waals surface area contributed by atoms with Crippen LogP contribution < -0.4 is 5.43 Å². The predicted octanol–water partition coefficient (Wildman–Crippen LogP) is 4.01. The highest BCUT2D eigenvalue weighted by Crippen LogP contribution is 2.11. The van der Waals surface area contributed by atoms with E-state index in [0.29, 0.717) is 5.92 Å². The summed E-state index contributed by atoms with van der Waals surface area (Å²) in [7, 11) is 0. The fraction of sp³-hybridized carbons (Fsp3) is 0.222. The molecule has 0 atom stereocenters. The van der Waals surface area contributed by atoms with Gasteiger partial charge in [-0.2, -0.15) is 5.10 Å². The molecule has 0 fully saturated rings. The van der Waals surface area contributed by atoms with Crippen molar-refractivity contribution in [3.8, 4) is 0 Å². The fourth-order valence-corrected chi connectivity index (χ4v) is 2.07. The van der Waals surface area contributed by atoms with Gasteiger partial charge in [-0.3, -0.25) is 4.79 Å². The maximum atomic E-state index is 13.6. The summed E-state index contributed by atoms with van der Waals surface area (Å²) >= 11 is 0. The minimum Gasteiger partial charge on any atom is -0.267 e. The van der Waals surface area contributed by atoms with E-state index < -0.39 is 11.7 Å². The maximum absolute atomic E-state index is 13.6. The fourth-order valence-electron chi connectivity index (χ4n) is 2.07. The van der Waals surface area contributed by atoms with Gasteiger partial charge in [-0.15, -0.1) is 0 Å². The maximum Gasteiger partial charge on any atom is 0.274 e. The van der Waals surface area contributed by atoms with Crippen LogP contribution in [-0.2, 0) is 0 Å². The van der Waals surface area contributed by atoms with Gasteiger partial charge in [-0.05, 0) is 30.0 Å². The number of halogens is 1. The molecular formula is C18H19FN2O. The van der Waals surface area contributed by atoms with Crippen LogP contribution in [0.15, 0.2) is 59.7 Å². The molecule has 3 nitrogen and oxygen atoms in total. The lowest BCUT2D eigenvalue weighted by molar-refractivity contribution is 0.0950. The highest BCUT2D eigenvalue weighted by Gasteiger charge is 2.11. The van der Waals surface area contributed by atoms with Crippen molar-refractivity contribution in [1.82, 2.24) is 5.43 Å². The third-order valence-electron chi connectivity index (χ3n) is 3.12. The summed E-state index contributed by atoms with van der Waals surface area (Å²) in [6, 6.07) is 15.5. The molecule has 0 unspecified atom stereocenters. The molecule has 0 aliphatic carbocycles. The largest absolute Gasteiger partial charge is 0.274 e. The first-order chi connectivity index (χ1) is 10.6. The number of amides is 1. The Morgan fingerprint density at radius 1 is 1.09 bits per heavy atom. The van der Waals surface area contributed by atoms with E-state index in [9.17, 15) is 9.18 Å². The molecule has 1 amide bonds. The Labute approximate surface area is 129 Å². The van der Waals surface area contributed by atoms with Gasteiger partial charge in [-0.25, -0.2) is 9.82 Å². The summed E-state index contributed by atoms with van der Waals surface area (Å²) in [6.45, 7) is 4.16. The van der Waals surface area contributed by atoms with Crippen LogP contribution in [0.25, 0.3) is 0 Å². The molecule has 0 saturated heterocycles. The molecule has 2 rings (SSSR count). The molecule has 2 aromatic carbocycles. The van der Waals surface area contributed by atoms with E-state index in [2.05, 4.69) is 24.4 Å². The molecule has 114 valence electrons. The normalized spacial score (nSPS) is 11.5. The lowest BCUT2D eigenvalue weighted by Gasteiger charge is -2.10. The van der Waals surface area contributed by atoms with Crippen molar-refractivity contribution in [2.24, 2.45) is 11.0 Å². The number of carbonyl (C=O) groups is 1. The molecule has 0 radical (unpaired) electrons. The first-order valence-electron chi connectivity index (χ1n) is 7.24. The molecule has 22 heavy (non-hydrogen) atoms. The molecule has 0 heterocycles. The average molecular weight is 298 g/mol. The minimum absolute atomic E-state index is 0.0109. The second-order valence-electron chi connectivity index (χ2n) is 5.44. The van der Waals surface area contributed by atoms with Crippen molar-refractivity contribution in [2.45, 2.75) is 20.3 Å². The van der Waals surface area contributed by atoms with E-state index in [-0.39, 0.29) is 5.56 Å².